The Labute approximate surface area is 336 Å². The smallest absolute Gasteiger partial charge is 0.334 e. The molecule has 8 bridgehead atoms. The molecule has 0 saturated carbocycles. The zero-order valence-corrected chi connectivity index (χ0v) is 33.6. The van der Waals surface area contributed by atoms with Gasteiger partial charge in [0.15, 0.2) is 0 Å². The van der Waals surface area contributed by atoms with Gasteiger partial charge in [-0.3, -0.25) is 14.6 Å². The molecular formula is C45H48N4O9. The quantitative estimate of drug-likeness (QED) is 0.0734. The number of nitrogens with zero attached hydrogens (tertiary/aromatic N) is 2. The Bertz CT molecular complexity index is 2510. The van der Waals surface area contributed by atoms with Crippen molar-refractivity contribution in [3.05, 3.63) is 93.6 Å². The van der Waals surface area contributed by atoms with Gasteiger partial charge in [0.05, 0.1) is 61.2 Å². The highest BCUT2D eigenvalue weighted by Gasteiger charge is 2.53. The number of carbonyl (C=O) groups excluding carboxylic acids is 3. The highest BCUT2D eigenvalue weighted by Crippen LogP contribution is 2.52. The van der Waals surface area contributed by atoms with Crippen LogP contribution in [0.3, 0.4) is 0 Å². The molecule has 0 spiro atoms. The predicted octanol–water partition coefficient (Wildman–Crippen LogP) is 5.97. The van der Waals surface area contributed by atoms with E-state index < -0.39 is 29.2 Å². The van der Waals surface area contributed by atoms with Gasteiger partial charge < -0.3 is 39.1 Å². The van der Waals surface area contributed by atoms with Crippen LogP contribution in [0.25, 0.3) is 44.9 Å². The molecule has 302 valence electrons. The number of carbonyl (C=O) groups is 3. The van der Waals surface area contributed by atoms with Gasteiger partial charge >= 0.3 is 17.9 Å². The summed E-state index contributed by atoms with van der Waals surface area (Å²) in [6.45, 7) is 11.6. The molecule has 13 nitrogen and oxygen atoms in total. The van der Waals surface area contributed by atoms with E-state index in [4.69, 9.17) is 34.0 Å². The average molecular weight is 789 g/mol. The summed E-state index contributed by atoms with van der Waals surface area (Å²) >= 11 is 0. The lowest BCUT2D eigenvalue weighted by molar-refractivity contribution is -0.149. The number of hydrogen-bond donors (Lipinski definition) is 4. The molecule has 0 amide bonds. The van der Waals surface area contributed by atoms with E-state index in [0.29, 0.717) is 47.3 Å². The molecule has 13 heteroatoms. The molecule has 3 aromatic heterocycles. The molecule has 1 aliphatic carbocycles. The van der Waals surface area contributed by atoms with Crippen LogP contribution in [0, 0.1) is 31.8 Å². The predicted molar refractivity (Wildman–Crippen MR) is 220 cm³/mol. The molecule has 2 unspecified atom stereocenters. The van der Waals surface area contributed by atoms with Gasteiger partial charge in [-0.25, -0.2) is 9.78 Å². The summed E-state index contributed by atoms with van der Waals surface area (Å²) in [6.07, 6.45) is 9.27. The van der Waals surface area contributed by atoms with Crippen LogP contribution in [-0.2, 0) is 45.2 Å². The molecule has 0 saturated heterocycles. The van der Waals surface area contributed by atoms with Crippen molar-refractivity contribution >= 4 is 62.8 Å². The van der Waals surface area contributed by atoms with Gasteiger partial charge in [0.1, 0.15) is 25.2 Å². The van der Waals surface area contributed by atoms with Crippen LogP contribution in [-0.4, -0.2) is 88.7 Å². The van der Waals surface area contributed by atoms with E-state index in [0.717, 1.165) is 55.8 Å². The number of fused-ring (bicyclic) bond motifs is 11. The van der Waals surface area contributed by atoms with Crippen LogP contribution in [0.1, 0.15) is 78.1 Å². The second-order valence-electron chi connectivity index (χ2n) is 14.3. The van der Waals surface area contributed by atoms with Gasteiger partial charge in [0, 0.05) is 40.5 Å². The molecule has 0 fully saturated rings. The zero-order valence-electron chi connectivity index (χ0n) is 33.6. The first-order valence-electron chi connectivity index (χ1n) is 19.0. The molecule has 3 aliphatic rings. The number of ether oxygens (including phenoxy) is 4. The number of aryl methyl sites for hydroxylation is 3. The van der Waals surface area contributed by atoms with E-state index in [9.17, 15) is 19.5 Å². The zero-order chi connectivity index (χ0) is 41.7. The number of aliphatic hydroxyl groups is 2. The lowest BCUT2D eigenvalue weighted by Gasteiger charge is -2.36. The van der Waals surface area contributed by atoms with Crippen LogP contribution in [0.2, 0.25) is 0 Å². The fraction of sp³-hybridized carbons (Fsp3) is 0.356. The number of aromatic amines is 2. The highest BCUT2D eigenvalue weighted by atomic mass is 16.5. The summed E-state index contributed by atoms with van der Waals surface area (Å²) in [5, 5.41) is 18.3. The van der Waals surface area contributed by atoms with Crippen LogP contribution in [0.5, 0.6) is 0 Å². The van der Waals surface area contributed by atoms with Crippen molar-refractivity contribution in [2.75, 3.05) is 40.6 Å². The first kappa shape index (κ1) is 41.4. The molecule has 6 rings (SSSR count). The molecule has 58 heavy (non-hydrogen) atoms. The Morgan fingerprint density at radius 2 is 1.59 bits per heavy atom. The van der Waals surface area contributed by atoms with Crippen molar-refractivity contribution in [2.24, 2.45) is 5.92 Å². The van der Waals surface area contributed by atoms with E-state index >= 15 is 0 Å². The van der Waals surface area contributed by atoms with E-state index in [1.54, 1.807) is 18.2 Å². The highest BCUT2D eigenvalue weighted by molar-refractivity contribution is 6.02. The molecular weight excluding hydrogens is 741 g/mol. The van der Waals surface area contributed by atoms with E-state index in [2.05, 4.69) is 28.6 Å². The van der Waals surface area contributed by atoms with Crippen molar-refractivity contribution in [2.45, 2.75) is 58.8 Å². The number of nitrogens with one attached hydrogen (secondary N) is 2. The topological polar surface area (TPSA) is 186 Å². The Balaban J connectivity index is 1.69. The maximum Gasteiger partial charge on any atom is 0.334 e. The minimum Gasteiger partial charge on any atom is -0.469 e. The van der Waals surface area contributed by atoms with Crippen LogP contribution < -0.4 is 0 Å². The molecule has 2 aliphatic heterocycles. The largest absolute Gasteiger partial charge is 0.469 e. The monoisotopic (exact) mass is 788 g/mol. The van der Waals surface area contributed by atoms with Crippen LogP contribution >= 0.6 is 0 Å². The second-order valence-corrected chi connectivity index (χ2v) is 14.3. The standard InChI is InChI=1S/C45H48N4O9/c1-8-28-25(2)33-21-34-26(3)29(11-9-10-18-57-19-16-50)36(46-34)23-37-30(13-15-41(52)58-20-17-51)27(4)35(47-37)22-39-32-14-12-31(43(53)55-6)42(44(54)56-7)45(32,5)40(49-39)24-38(28)48-33/h8,12,14,21-24,42,47-48,50-51H,1,9,11,13,15-17,19-20H2,2-7H3. The first-order chi connectivity index (χ1) is 27.9. The fourth-order valence-electron chi connectivity index (χ4n) is 7.97. The third-order valence-corrected chi connectivity index (χ3v) is 11.1. The van der Waals surface area contributed by atoms with Crippen LogP contribution in [0.15, 0.2) is 48.6 Å². The maximum atomic E-state index is 13.8. The maximum absolute atomic E-state index is 13.8. The molecule has 3 aromatic rings. The van der Waals surface area contributed by atoms with E-state index in [-0.39, 0.29) is 38.4 Å². The summed E-state index contributed by atoms with van der Waals surface area (Å²) in [7, 11) is 2.56. The lowest BCUT2D eigenvalue weighted by Crippen LogP contribution is -2.42. The second kappa shape index (κ2) is 17.5. The number of hydrogen-bond acceptors (Lipinski definition) is 11. The Kier molecular flexibility index (Phi) is 12.5. The van der Waals surface area contributed by atoms with Crippen molar-refractivity contribution in [1.82, 2.24) is 19.9 Å². The van der Waals surface area contributed by atoms with Crippen molar-refractivity contribution in [3.63, 3.8) is 0 Å². The summed E-state index contributed by atoms with van der Waals surface area (Å²) in [5.74, 6) is 0.234. The third-order valence-electron chi connectivity index (χ3n) is 11.1. The number of aliphatic hydroxyl groups excluding tert-OH is 2. The normalized spacial score (nSPS) is 17.0. The Morgan fingerprint density at radius 1 is 0.879 bits per heavy atom. The number of allylic oxidation sites excluding steroid dienone is 5. The Morgan fingerprint density at radius 3 is 2.29 bits per heavy atom. The van der Waals surface area contributed by atoms with Crippen molar-refractivity contribution in [1.29, 1.82) is 0 Å². The third kappa shape index (κ3) is 7.73. The summed E-state index contributed by atoms with van der Waals surface area (Å²) in [6, 6.07) is 7.77. The van der Waals surface area contributed by atoms with E-state index in [1.807, 2.05) is 52.0 Å². The minimum atomic E-state index is -1.17. The van der Waals surface area contributed by atoms with Crippen molar-refractivity contribution < 1.29 is 43.5 Å². The summed E-state index contributed by atoms with van der Waals surface area (Å²) < 4.78 is 20.8. The Hall–Kier alpha value is -6.23. The summed E-state index contributed by atoms with van der Waals surface area (Å²) in [4.78, 5) is 57.1. The number of H-pyrrole nitrogens is 2. The van der Waals surface area contributed by atoms with Gasteiger partial charge in [-0.15, -0.1) is 0 Å². The first-order valence-corrected chi connectivity index (χ1v) is 19.0. The molecule has 0 aromatic carbocycles. The molecule has 0 radical (unpaired) electrons. The van der Waals surface area contributed by atoms with Gasteiger partial charge in [-0.05, 0) is 98.2 Å². The SMILES string of the molecule is C=Cc1c(C)c2cc3nc(cc4[nH]c(cc5nc(cc1[nH]2)C1(C)C5=CC=C(C(=O)OC)C1C(=O)OC)c(C)c4CCC(=O)OCCO)C(CCC#COCCO)=C3C. The van der Waals surface area contributed by atoms with Crippen LogP contribution in [0.4, 0.5) is 0 Å². The molecule has 5 heterocycles. The van der Waals surface area contributed by atoms with Gasteiger partial charge in [-0.1, -0.05) is 30.7 Å². The number of methoxy groups -OCH3 is 2. The number of esters is 3. The fourth-order valence-corrected chi connectivity index (χ4v) is 7.97. The lowest BCUT2D eigenvalue weighted by atomic mass is 9.64. The van der Waals surface area contributed by atoms with E-state index in [1.165, 1.54) is 14.2 Å². The number of rotatable bonds is 12. The number of aromatic nitrogens is 4. The molecule has 2 atom stereocenters. The van der Waals surface area contributed by atoms with Crippen molar-refractivity contribution in [3.8, 4) is 12.0 Å². The van der Waals surface area contributed by atoms with Gasteiger partial charge in [0.2, 0.25) is 0 Å². The average Bonchev–Trinajstić information content (AvgIpc) is 3.87. The van der Waals surface area contributed by atoms with Gasteiger partial charge in [-0.2, -0.15) is 0 Å². The van der Waals surface area contributed by atoms with Gasteiger partial charge in [0.25, 0.3) is 0 Å². The minimum absolute atomic E-state index is 0.0700. The molecule has 4 N–H and O–H groups in total. The summed E-state index contributed by atoms with van der Waals surface area (Å²) in [5.41, 5.74) is 10.6.